The molecule has 2 aliphatic rings. The highest BCUT2D eigenvalue weighted by Gasteiger charge is 2.23. The van der Waals surface area contributed by atoms with E-state index < -0.39 is 0 Å². The molecule has 80 valence electrons. The minimum atomic E-state index is 0.182. The summed E-state index contributed by atoms with van der Waals surface area (Å²) in [6, 6.07) is 0. The molecule has 1 aliphatic heterocycles. The van der Waals surface area contributed by atoms with Crippen LogP contribution in [0.3, 0.4) is 0 Å². The molecule has 0 radical (unpaired) electrons. The van der Waals surface area contributed by atoms with Crippen molar-refractivity contribution in [2.24, 2.45) is 0 Å². The summed E-state index contributed by atoms with van der Waals surface area (Å²) in [7, 11) is 0. The third kappa shape index (κ3) is 2.47. The van der Waals surface area contributed by atoms with Crippen molar-refractivity contribution in [1.82, 2.24) is 5.06 Å². The van der Waals surface area contributed by atoms with Gasteiger partial charge >= 0.3 is 0 Å². The molecular formula is C11H19NO2. The molecule has 1 saturated carbocycles. The van der Waals surface area contributed by atoms with E-state index in [0.717, 1.165) is 32.2 Å². The van der Waals surface area contributed by atoms with Crippen LogP contribution in [0.25, 0.3) is 0 Å². The zero-order valence-corrected chi connectivity index (χ0v) is 8.71. The molecule has 1 saturated heterocycles. The number of carbonyl (C=O) groups is 1. The molecular weight excluding hydrogens is 178 g/mol. The van der Waals surface area contributed by atoms with E-state index in [1.165, 1.54) is 19.3 Å². The van der Waals surface area contributed by atoms with Crippen molar-refractivity contribution >= 4 is 5.91 Å². The normalized spacial score (nSPS) is 25.4. The van der Waals surface area contributed by atoms with Gasteiger partial charge in [0.1, 0.15) is 0 Å². The van der Waals surface area contributed by atoms with Gasteiger partial charge in [-0.15, -0.1) is 0 Å². The van der Waals surface area contributed by atoms with E-state index in [2.05, 4.69) is 0 Å². The second-order valence-electron chi connectivity index (χ2n) is 4.32. The molecule has 3 heteroatoms. The molecule has 14 heavy (non-hydrogen) atoms. The van der Waals surface area contributed by atoms with Crippen molar-refractivity contribution < 1.29 is 9.63 Å². The predicted octanol–water partition coefficient (Wildman–Crippen LogP) is 2.26. The summed E-state index contributed by atoms with van der Waals surface area (Å²) in [6.45, 7) is 0.801. The van der Waals surface area contributed by atoms with Gasteiger partial charge in [0.2, 0.25) is 5.91 Å². The average Bonchev–Trinajstić information content (AvgIpc) is 2.23. The fourth-order valence-corrected chi connectivity index (χ4v) is 2.24. The monoisotopic (exact) mass is 197 g/mol. The van der Waals surface area contributed by atoms with Gasteiger partial charge in [0, 0.05) is 13.0 Å². The van der Waals surface area contributed by atoms with E-state index in [1.807, 2.05) is 0 Å². The minimum absolute atomic E-state index is 0.182. The number of nitrogens with zero attached hydrogens (tertiary/aromatic N) is 1. The SMILES string of the molecule is O=C1CCCCN1OC1CCCCC1. The van der Waals surface area contributed by atoms with Crippen molar-refractivity contribution in [3.63, 3.8) is 0 Å². The van der Waals surface area contributed by atoms with Crippen LogP contribution in [0, 0.1) is 0 Å². The highest BCUT2D eigenvalue weighted by atomic mass is 16.7. The average molecular weight is 197 g/mol. The Morgan fingerprint density at radius 2 is 1.86 bits per heavy atom. The Kier molecular flexibility index (Phi) is 3.40. The van der Waals surface area contributed by atoms with E-state index in [-0.39, 0.29) is 5.91 Å². The largest absolute Gasteiger partial charge is 0.273 e. The summed E-state index contributed by atoms with van der Waals surface area (Å²) in [5.41, 5.74) is 0. The van der Waals surface area contributed by atoms with Gasteiger partial charge in [0.25, 0.3) is 0 Å². The van der Waals surface area contributed by atoms with Gasteiger partial charge in [-0.05, 0) is 25.7 Å². The van der Waals surface area contributed by atoms with Gasteiger partial charge in [-0.1, -0.05) is 19.3 Å². The predicted molar refractivity (Wildman–Crippen MR) is 53.5 cm³/mol. The lowest BCUT2D eigenvalue weighted by Crippen LogP contribution is -2.39. The molecule has 0 spiro atoms. The summed E-state index contributed by atoms with van der Waals surface area (Å²) < 4.78 is 0. The van der Waals surface area contributed by atoms with Crippen LogP contribution in [0.5, 0.6) is 0 Å². The van der Waals surface area contributed by atoms with E-state index in [9.17, 15) is 4.79 Å². The second kappa shape index (κ2) is 4.78. The Bertz CT molecular complexity index is 199. The Hall–Kier alpha value is -0.570. The van der Waals surface area contributed by atoms with Gasteiger partial charge in [0.15, 0.2) is 0 Å². The zero-order chi connectivity index (χ0) is 9.80. The maximum Gasteiger partial charge on any atom is 0.246 e. The van der Waals surface area contributed by atoms with Gasteiger partial charge in [-0.25, -0.2) is 5.06 Å². The summed E-state index contributed by atoms with van der Waals surface area (Å²) in [6.07, 6.45) is 9.21. The summed E-state index contributed by atoms with van der Waals surface area (Å²) in [5, 5.41) is 1.61. The first-order valence-electron chi connectivity index (χ1n) is 5.83. The maximum absolute atomic E-state index is 11.5. The van der Waals surface area contributed by atoms with Crippen LogP contribution >= 0.6 is 0 Å². The quantitative estimate of drug-likeness (QED) is 0.679. The molecule has 0 bridgehead atoms. The topological polar surface area (TPSA) is 29.5 Å². The van der Waals surface area contributed by atoms with Crippen LogP contribution < -0.4 is 0 Å². The van der Waals surface area contributed by atoms with Crippen LogP contribution in [0.1, 0.15) is 51.4 Å². The molecule has 1 heterocycles. The summed E-state index contributed by atoms with van der Waals surface area (Å²) in [4.78, 5) is 17.2. The Labute approximate surface area is 85.4 Å². The number of piperidine rings is 1. The van der Waals surface area contributed by atoms with E-state index >= 15 is 0 Å². The van der Waals surface area contributed by atoms with Crippen molar-refractivity contribution in [1.29, 1.82) is 0 Å². The van der Waals surface area contributed by atoms with Crippen molar-refractivity contribution in [3.8, 4) is 0 Å². The molecule has 2 fully saturated rings. The van der Waals surface area contributed by atoms with Crippen LogP contribution in [0.15, 0.2) is 0 Å². The van der Waals surface area contributed by atoms with Crippen LogP contribution in [-0.4, -0.2) is 23.6 Å². The van der Waals surface area contributed by atoms with Crippen molar-refractivity contribution in [2.45, 2.75) is 57.5 Å². The Balaban J connectivity index is 1.79. The molecule has 0 aromatic rings. The fourth-order valence-electron chi connectivity index (χ4n) is 2.24. The first-order chi connectivity index (χ1) is 6.86. The van der Waals surface area contributed by atoms with Crippen LogP contribution in [-0.2, 0) is 9.63 Å². The molecule has 0 aromatic carbocycles. The fraction of sp³-hybridized carbons (Fsp3) is 0.909. The molecule has 3 nitrogen and oxygen atoms in total. The van der Waals surface area contributed by atoms with Crippen LogP contribution in [0.2, 0.25) is 0 Å². The van der Waals surface area contributed by atoms with Gasteiger partial charge < -0.3 is 0 Å². The summed E-state index contributed by atoms with van der Waals surface area (Å²) in [5.74, 6) is 0.182. The molecule has 2 rings (SSSR count). The number of hydrogen-bond donors (Lipinski definition) is 0. The molecule has 0 unspecified atom stereocenters. The number of rotatable bonds is 2. The lowest BCUT2D eigenvalue weighted by molar-refractivity contribution is -0.215. The van der Waals surface area contributed by atoms with Gasteiger partial charge in [0.05, 0.1) is 6.10 Å². The van der Waals surface area contributed by atoms with Gasteiger partial charge in [-0.3, -0.25) is 9.63 Å². The zero-order valence-electron chi connectivity index (χ0n) is 8.71. The van der Waals surface area contributed by atoms with E-state index in [1.54, 1.807) is 5.06 Å². The first kappa shape index (κ1) is 9.97. The van der Waals surface area contributed by atoms with Crippen molar-refractivity contribution in [2.75, 3.05) is 6.54 Å². The highest BCUT2D eigenvalue weighted by molar-refractivity contribution is 5.75. The number of amides is 1. The number of carbonyl (C=O) groups excluding carboxylic acids is 1. The number of hydroxylamine groups is 2. The third-order valence-electron chi connectivity index (χ3n) is 3.11. The lowest BCUT2D eigenvalue weighted by Gasteiger charge is -2.31. The van der Waals surface area contributed by atoms with E-state index in [4.69, 9.17) is 4.84 Å². The minimum Gasteiger partial charge on any atom is -0.273 e. The second-order valence-corrected chi connectivity index (χ2v) is 4.32. The molecule has 0 N–H and O–H groups in total. The highest BCUT2D eigenvalue weighted by Crippen LogP contribution is 2.22. The molecule has 0 aromatic heterocycles. The van der Waals surface area contributed by atoms with Gasteiger partial charge in [-0.2, -0.15) is 0 Å². The maximum atomic E-state index is 11.5. The van der Waals surface area contributed by atoms with E-state index in [0.29, 0.717) is 12.5 Å². The number of hydrogen-bond acceptors (Lipinski definition) is 2. The molecule has 0 atom stereocenters. The Morgan fingerprint density at radius 1 is 1.07 bits per heavy atom. The standard InChI is InChI=1S/C11H19NO2/c13-11-8-4-5-9-12(11)14-10-6-2-1-3-7-10/h10H,1-9H2. The van der Waals surface area contributed by atoms with Crippen LogP contribution in [0.4, 0.5) is 0 Å². The third-order valence-corrected chi connectivity index (χ3v) is 3.11. The molecule has 1 amide bonds. The summed E-state index contributed by atoms with van der Waals surface area (Å²) >= 11 is 0. The first-order valence-corrected chi connectivity index (χ1v) is 5.83. The lowest BCUT2D eigenvalue weighted by atomic mass is 9.98. The van der Waals surface area contributed by atoms with Crippen molar-refractivity contribution in [3.05, 3.63) is 0 Å². The Morgan fingerprint density at radius 3 is 2.57 bits per heavy atom. The smallest absolute Gasteiger partial charge is 0.246 e. The molecule has 1 aliphatic carbocycles.